The monoisotopic (exact) mass is 377 g/mol. The number of benzene rings is 1. The zero-order valence-electron chi connectivity index (χ0n) is 16.3. The lowest BCUT2D eigenvalue weighted by atomic mass is 10.2. The van der Waals surface area contributed by atoms with E-state index in [9.17, 15) is 9.59 Å². The lowest BCUT2D eigenvalue weighted by Crippen LogP contribution is -2.39. The lowest BCUT2D eigenvalue weighted by molar-refractivity contribution is 0.666. The lowest BCUT2D eigenvalue weighted by Gasteiger charge is -2.05. The number of hydrogen-bond donors (Lipinski definition) is 0. The van der Waals surface area contributed by atoms with Crippen LogP contribution in [-0.4, -0.2) is 23.1 Å². The molecule has 4 rings (SSSR count). The highest BCUT2D eigenvalue weighted by Gasteiger charge is 2.19. The van der Waals surface area contributed by atoms with Gasteiger partial charge in [-0.25, -0.2) is 4.79 Å². The van der Waals surface area contributed by atoms with E-state index < -0.39 is 0 Å². The minimum atomic E-state index is -0.366. The van der Waals surface area contributed by atoms with Gasteiger partial charge in [0.2, 0.25) is 5.78 Å². The average Bonchev–Trinajstić information content (AvgIpc) is 3.20. The number of fused-ring (bicyclic) bond motifs is 3. The molecular formula is C21H23N5O2. The average molecular weight is 377 g/mol. The fourth-order valence-electron chi connectivity index (χ4n) is 3.57. The van der Waals surface area contributed by atoms with Crippen LogP contribution in [0, 0.1) is 6.92 Å². The standard InChI is InChI=1S/C21H23N5O2/c1-4-12-24-15(2)14-26-17-18(22-20(24)26)23(3)21(28)25(19(17)27)13-8-11-16-9-6-5-7-10-16/h5-11,14H,4,12-13H2,1-3H3. The van der Waals surface area contributed by atoms with E-state index in [1.54, 1.807) is 11.4 Å². The summed E-state index contributed by atoms with van der Waals surface area (Å²) in [6.45, 7) is 5.12. The highest BCUT2D eigenvalue weighted by atomic mass is 16.2. The molecule has 28 heavy (non-hydrogen) atoms. The zero-order valence-corrected chi connectivity index (χ0v) is 16.3. The first kappa shape index (κ1) is 18.0. The molecule has 1 aromatic carbocycles. The third-order valence-corrected chi connectivity index (χ3v) is 4.99. The first-order valence-electron chi connectivity index (χ1n) is 9.42. The van der Waals surface area contributed by atoms with Crippen LogP contribution in [-0.2, 0) is 20.1 Å². The predicted molar refractivity (Wildman–Crippen MR) is 111 cm³/mol. The highest BCUT2D eigenvalue weighted by Crippen LogP contribution is 2.16. The molecule has 0 atom stereocenters. The second-order valence-corrected chi connectivity index (χ2v) is 6.95. The Morgan fingerprint density at radius 3 is 2.57 bits per heavy atom. The number of imidazole rings is 2. The smallest absolute Gasteiger partial charge is 0.314 e. The fraction of sp³-hybridized carbons (Fsp3) is 0.286. The molecule has 0 fully saturated rings. The van der Waals surface area contributed by atoms with E-state index in [2.05, 4.69) is 16.5 Å². The van der Waals surface area contributed by atoms with Gasteiger partial charge in [0.1, 0.15) is 0 Å². The van der Waals surface area contributed by atoms with Crippen molar-refractivity contribution in [3.8, 4) is 0 Å². The molecule has 0 saturated carbocycles. The van der Waals surface area contributed by atoms with Gasteiger partial charge >= 0.3 is 5.69 Å². The number of allylic oxidation sites excluding steroid dienone is 1. The molecule has 0 radical (unpaired) electrons. The fourth-order valence-corrected chi connectivity index (χ4v) is 3.57. The molecule has 0 spiro atoms. The minimum Gasteiger partial charge on any atom is -0.314 e. The molecule has 0 unspecified atom stereocenters. The van der Waals surface area contributed by atoms with Gasteiger partial charge in [-0.15, -0.1) is 0 Å². The Hall–Kier alpha value is -3.35. The first-order chi connectivity index (χ1) is 13.5. The third-order valence-electron chi connectivity index (χ3n) is 4.99. The number of aromatic nitrogens is 5. The molecule has 7 heteroatoms. The van der Waals surface area contributed by atoms with Gasteiger partial charge in [0.15, 0.2) is 11.2 Å². The van der Waals surface area contributed by atoms with Crippen molar-refractivity contribution < 1.29 is 0 Å². The second kappa shape index (κ2) is 6.99. The number of hydrogen-bond acceptors (Lipinski definition) is 3. The van der Waals surface area contributed by atoms with E-state index in [4.69, 9.17) is 0 Å². The number of nitrogens with zero attached hydrogens (tertiary/aromatic N) is 5. The van der Waals surface area contributed by atoms with Gasteiger partial charge in [-0.05, 0) is 18.9 Å². The van der Waals surface area contributed by atoms with E-state index in [1.165, 1.54) is 9.13 Å². The molecule has 3 heterocycles. The van der Waals surface area contributed by atoms with Crippen molar-refractivity contribution in [2.45, 2.75) is 33.4 Å². The van der Waals surface area contributed by atoms with Crippen molar-refractivity contribution >= 4 is 23.0 Å². The Bertz CT molecular complexity index is 1300. The summed E-state index contributed by atoms with van der Waals surface area (Å²) in [6, 6.07) is 9.79. The molecule has 3 aromatic heterocycles. The van der Waals surface area contributed by atoms with Crippen molar-refractivity contribution in [3.63, 3.8) is 0 Å². The van der Waals surface area contributed by atoms with E-state index in [-0.39, 0.29) is 17.8 Å². The van der Waals surface area contributed by atoms with Crippen molar-refractivity contribution in [3.05, 3.63) is 74.7 Å². The van der Waals surface area contributed by atoms with Crippen LogP contribution in [0.1, 0.15) is 24.6 Å². The van der Waals surface area contributed by atoms with Gasteiger partial charge < -0.3 is 4.57 Å². The van der Waals surface area contributed by atoms with Gasteiger partial charge in [-0.2, -0.15) is 4.98 Å². The topological polar surface area (TPSA) is 66.2 Å². The maximum atomic E-state index is 13.1. The van der Waals surface area contributed by atoms with Gasteiger partial charge in [0, 0.05) is 32.0 Å². The van der Waals surface area contributed by atoms with Crippen LogP contribution in [0.3, 0.4) is 0 Å². The summed E-state index contributed by atoms with van der Waals surface area (Å²) < 4.78 is 6.58. The molecule has 0 aliphatic rings. The van der Waals surface area contributed by atoms with Crippen molar-refractivity contribution in [1.82, 2.24) is 23.1 Å². The molecule has 0 aliphatic heterocycles. The summed E-state index contributed by atoms with van der Waals surface area (Å²) in [7, 11) is 1.66. The van der Waals surface area contributed by atoms with Crippen LogP contribution in [0.2, 0.25) is 0 Å². The third kappa shape index (κ3) is 2.79. The van der Waals surface area contributed by atoms with Gasteiger partial charge in [0.05, 0.1) is 0 Å². The van der Waals surface area contributed by atoms with Crippen molar-refractivity contribution in [2.24, 2.45) is 7.05 Å². The Morgan fingerprint density at radius 1 is 1.11 bits per heavy atom. The minimum absolute atomic E-state index is 0.207. The molecule has 0 aliphatic carbocycles. The Morgan fingerprint density at radius 2 is 1.86 bits per heavy atom. The summed E-state index contributed by atoms with van der Waals surface area (Å²) in [5.41, 5.74) is 2.22. The van der Waals surface area contributed by atoms with Crippen LogP contribution in [0.25, 0.3) is 23.0 Å². The Balaban J connectivity index is 1.87. The van der Waals surface area contributed by atoms with Crippen LogP contribution in [0.15, 0.2) is 52.2 Å². The molecule has 7 nitrogen and oxygen atoms in total. The van der Waals surface area contributed by atoms with Crippen LogP contribution >= 0.6 is 0 Å². The highest BCUT2D eigenvalue weighted by molar-refractivity contribution is 5.75. The molecule has 0 N–H and O–H groups in total. The SMILES string of the molecule is CCCn1c(C)cn2c3c(=O)n(CC=Cc4ccccc4)c(=O)n(C)c3nc12. The largest absolute Gasteiger partial charge is 0.332 e. The van der Waals surface area contributed by atoms with Crippen molar-refractivity contribution in [2.75, 3.05) is 0 Å². The van der Waals surface area contributed by atoms with E-state index >= 15 is 0 Å². The van der Waals surface area contributed by atoms with E-state index in [0.29, 0.717) is 16.9 Å². The van der Waals surface area contributed by atoms with E-state index in [1.807, 2.05) is 55.6 Å². The van der Waals surface area contributed by atoms with Crippen LogP contribution < -0.4 is 11.2 Å². The number of rotatable bonds is 5. The number of aryl methyl sites for hydroxylation is 3. The summed E-state index contributed by atoms with van der Waals surface area (Å²) in [4.78, 5) is 30.5. The summed E-state index contributed by atoms with van der Waals surface area (Å²) in [5.74, 6) is 0.694. The molecule has 4 aromatic rings. The molecular weight excluding hydrogens is 354 g/mol. The Labute approximate surface area is 161 Å². The molecule has 0 amide bonds. The first-order valence-corrected chi connectivity index (χ1v) is 9.42. The molecule has 0 bridgehead atoms. The molecule has 0 saturated heterocycles. The summed E-state index contributed by atoms with van der Waals surface area (Å²) in [5, 5.41) is 0. The van der Waals surface area contributed by atoms with Gasteiger partial charge in [-0.3, -0.25) is 18.3 Å². The normalized spacial score (nSPS) is 12.0. The maximum Gasteiger partial charge on any atom is 0.332 e. The van der Waals surface area contributed by atoms with Crippen LogP contribution in [0.4, 0.5) is 0 Å². The molecule has 144 valence electrons. The summed E-state index contributed by atoms with van der Waals surface area (Å²) in [6.07, 6.45) is 6.61. The van der Waals surface area contributed by atoms with Gasteiger partial charge in [0.25, 0.3) is 5.56 Å². The van der Waals surface area contributed by atoms with E-state index in [0.717, 1.165) is 24.2 Å². The Kier molecular flexibility index (Phi) is 4.50. The van der Waals surface area contributed by atoms with Gasteiger partial charge in [-0.1, -0.05) is 49.4 Å². The van der Waals surface area contributed by atoms with Crippen LogP contribution in [0.5, 0.6) is 0 Å². The van der Waals surface area contributed by atoms with Crippen molar-refractivity contribution in [1.29, 1.82) is 0 Å². The maximum absolute atomic E-state index is 13.1. The predicted octanol–water partition coefficient (Wildman–Crippen LogP) is 2.58. The quantitative estimate of drug-likeness (QED) is 0.537. The summed E-state index contributed by atoms with van der Waals surface area (Å²) >= 11 is 0. The zero-order chi connectivity index (χ0) is 19.8. The second-order valence-electron chi connectivity index (χ2n) is 6.95.